The molecule has 0 bridgehead atoms. The fourth-order valence-electron chi connectivity index (χ4n) is 2.39. The maximum Gasteiger partial charge on any atom is 0.219 e. The average Bonchev–Trinajstić information content (AvgIpc) is 3.35. The van der Waals surface area contributed by atoms with Crippen LogP contribution in [0, 0.1) is 4.77 Å². The Balaban J connectivity index is 1.55. The van der Waals surface area contributed by atoms with Crippen molar-refractivity contribution in [3.63, 3.8) is 0 Å². The van der Waals surface area contributed by atoms with Crippen LogP contribution in [-0.2, 0) is 6.54 Å². The van der Waals surface area contributed by atoms with E-state index in [1.165, 1.54) is 10.2 Å². The van der Waals surface area contributed by atoms with E-state index in [9.17, 15) is 0 Å². The second-order valence-electron chi connectivity index (χ2n) is 5.34. The second-order valence-corrected chi connectivity index (χ2v) is 5.73. The quantitative estimate of drug-likeness (QED) is 0.442. The predicted molar refractivity (Wildman–Crippen MR) is 95.9 cm³/mol. The van der Waals surface area contributed by atoms with Crippen molar-refractivity contribution in [1.82, 2.24) is 24.7 Å². The van der Waals surface area contributed by atoms with Crippen LogP contribution in [0.1, 0.15) is 11.1 Å². The van der Waals surface area contributed by atoms with E-state index in [-0.39, 0.29) is 0 Å². The van der Waals surface area contributed by atoms with Crippen molar-refractivity contribution in [3.8, 4) is 11.6 Å². The van der Waals surface area contributed by atoms with Crippen LogP contribution >= 0.6 is 12.2 Å². The van der Waals surface area contributed by atoms with Crippen LogP contribution in [0.4, 0.5) is 0 Å². The summed E-state index contributed by atoms with van der Waals surface area (Å²) < 4.78 is 9.12. The Bertz CT molecular complexity index is 1040. The Morgan fingerprint density at radius 2 is 2.08 bits per heavy atom. The molecule has 1 N–H and O–H groups in total. The summed E-state index contributed by atoms with van der Waals surface area (Å²) in [5, 5.41) is 15.6. The first kappa shape index (κ1) is 15.3. The summed E-state index contributed by atoms with van der Waals surface area (Å²) in [4.78, 5) is 0. The molecule has 0 saturated heterocycles. The summed E-state index contributed by atoms with van der Waals surface area (Å²) in [7, 11) is 0. The Morgan fingerprint density at radius 1 is 1.20 bits per heavy atom. The van der Waals surface area contributed by atoms with Crippen LogP contribution in [0.15, 0.2) is 70.6 Å². The van der Waals surface area contributed by atoms with Gasteiger partial charge in [-0.3, -0.25) is 4.68 Å². The van der Waals surface area contributed by atoms with E-state index < -0.39 is 0 Å². The molecule has 4 rings (SSSR count). The van der Waals surface area contributed by atoms with E-state index in [1.807, 2.05) is 29.1 Å². The number of hydrogen-bond acceptors (Lipinski definition) is 5. The Kier molecular flexibility index (Phi) is 4.09. The van der Waals surface area contributed by atoms with E-state index in [1.54, 1.807) is 30.8 Å². The molecule has 0 fully saturated rings. The lowest BCUT2D eigenvalue weighted by Gasteiger charge is -2.00. The molecule has 3 aromatic heterocycles. The Labute approximate surface area is 148 Å². The van der Waals surface area contributed by atoms with Gasteiger partial charge in [0.25, 0.3) is 0 Å². The Hall–Kier alpha value is -3.26. The van der Waals surface area contributed by atoms with Gasteiger partial charge in [0.05, 0.1) is 25.2 Å². The standard InChI is InChI=1S/C17H14N6OS/c25-17-21-20-16(15-7-4-8-24-15)23(17)19-10-14-9-18-22(12-14)11-13-5-2-1-3-6-13/h1-10,12H,11H2,(H,21,25)/b19-10-. The van der Waals surface area contributed by atoms with Gasteiger partial charge in [-0.2, -0.15) is 14.9 Å². The van der Waals surface area contributed by atoms with Gasteiger partial charge in [-0.05, 0) is 29.9 Å². The molecule has 0 aliphatic rings. The highest BCUT2D eigenvalue weighted by molar-refractivity contribution is 7.71. The van der Waals surface area contributed by atoms with Gasteiger partial charge in [-0.1, -0.05) is 30.3 Å². The molecule has 124 valence electrons. The number of aromatic amines is 1. The molecule has 0 radical (unpaired) electrons. The fraction of sp³-hybridized carbons (Fsp3) is 0.0588. The second kappa shape index (κ2) is 6.70. The molecule has 7 nitrogen and oxygen atoms in total. The summed E-state index contributed by atoms with van der Waals surface area (Å²) in [5.41, 5.74) is 2.05. The van der Waals surface area contributed by atoms with Crippen LogP contribution in [0.25, 0.3) is 11.6 Å². The molecule has 25 heavy (non-hydrogen) atoms. The van der Waals surface area contributed by atoms with Crippen LogP contribution in [0.2, 0.25) is 0 Å². The first-order chi connectivity index (χ1) is 12.3. The minimum atomic E-state index is 0.388. The maximum atomic E-state index is 5.36. The molecule has 0 amide bonds. The largest absolute Gasteiger partial charge is 0.461 e. The third-order valence-corrected chi connectivity index (χ3v) is 3.82. The molecular formula is C17H14N6OS. The van der Waals surface area contributed by atoms with Crippen molar-refractivity contribution < 1.29 is 4.42 Å². The first-order valence-electron chi connectivity index (χ1n) is 7.61. The van der Waals surface area contributed by atoms with Gasteiger partial charge in [0.2, 0.25) is 10.6 Å². The van der Waals surface area contributed by atoms with E-state index >= 15 is 0 Å². The van der Waals surface area contributed by atoms with E-state index in [0.29, 0.717) is 22.9 Å². The summed E-state index contributed by atoms with van der Waals surface area (Å²) in [6.45, 7) is 0.706. The predicted octanol–water partition coefficient (Wildman–Crippen LogP) is 3.33. The zero-order chi connectivity index (χ0) is 17.1. The normalized spacial score (nSPS) is 11.4. The van der Waals surface area contributed by atoms with Gasteiger partial charge in [-0.25, -0.2) is 5.10 Å². The lowest BCUT2D eigenvalue weighted by atomic mass is 10.2. The van der Waals surface area contributed by atoms with E-state index in [4.69, 9.17) is 16.6 Å². The molecular weight excluding hydrogens is 336 g/mol. The van der Waals surface area contributed by atoms with Crippen molar-refractivity contribution in [3.05, 3.63) is 77.0 Å². The number of H-pyrrole nitrogens is 1. The lowest BCUT2D eigenvalue weighted by Crippen LogP contribution is -1.99. The van der Waals surface area contributed by atoms with Crippen LogP contribution in [0.3, 0.4) is 0 Å². The molecule has 1 aromatic carbocycles. The molecule has 0 spiro atoms. The smallest absolute Gasteiger partial charge is 0.219 e. The lowest BCUT2D eigenvalue weighted by molar-refractivity contribution is 0.573. The van der Waals surface area contributed by atoms with Gasteiger partial charge < -0.3 is 4.42 Å². The van der Waals surface area contributed by atoms with Crippen molar-refractivity contribution in [2.45, 2.75) is 6.54 Å². The zero-order valence-electron chi connectivity index (χ0n) is 13.1. The fourth-order valence-corrected chi connectivity index (χ4v) is 2.57. The number of aromatic nitrogens is 5. The van der Waals surface area contributed by atoms with Crippen molar-refractivity contribution in [1.29, 1.82) is 0 Å². The van der Waals surface area contributed by atoms with Crippen molar-refractivity contribution in [2.24, 2.45) is 5.10 Å². The van der Waals surface area contributed by atoms with E-state index in [0.717, 1.165) is 5.56 Å². The SMILES string of the molecule is S=c1[nH]nc(-c2ccco2)n1/N=C\c1cnn(Cc2ccccc2)c1. The van der Waals surface area contributed by atoms with E-state index in [2.05, 4.69) is 32.5 Å². The topological polar surface area (TPSA) is 76.9 Å². The highest BCUT2D eigenvalue weighted by Crippen LogP contribution is 2.17. The van der Waals surface area contributed by atoms with Gasteiger partial charge in [0.15, 0.2) is 5.76 Å². The Morgan fingerprint density at radius 3 is 2.88 bits per heavy atom. The summed E-state index contributed by atoms with van der Waals surface area (Å²) >= 11 is 5.22. The number of hydrogen-bond donors (Lipinski definition) is 1. The van der Waals surface area contributed by atoms with Crippen molar-refractivity contribution in [2.75, 3.05) is 0 Å². The average molecular weight is 350 g/mol. The summed E-state index contributed by atoms with van der Waals surface area (Å²) in [6.07, 6.45) is 6.94. The van der Waals surface area contributed by atoms with Crippen LogP contribution in [0.5, 0.6) is 0 Å². The highest BCUT2D eigenvalue weighted by atomic mass is 32.1. The monoisotopic (exact) mass is 350 g/mol. The maximum absolute atomic E-state index is 5.36. The third kappa shape index (κ3) is 3.33. The molecule has 0 saturated carbocycles. The van der Waals surface area contributed by atoms with Crippen LogP contribution in [-0.4, -0.2) is 30.9 Å². The summed E-state index contributed by atoms with van der Waals surface area (Å²) in [6, 6.07) is 13.7. The summed E-state index contributed by atoms with van der Waals surface area (Å²) in [5.74, 6) is 1.10. The molecule has 0 unspecified atom stereocenters. The highest BCUT2D eigenvalue weighted by Gasteiger charge is 2.10. The van der Waals surface area contributed by atoms with Gasteiger partial charge >= 0.3 is 0 Å². The number of benzene rings is 1. The van der Waals surface area contributed by atoms with Crippen LogP contribution < -0.4 is 0 Å². The van der Waals surface area contributed by atoms with Crippen molar-refractivity contribution >= 4 is 18.4 Å². The number of furan rings is 1. The molecule has 8 heteroatoms. The number of nitrogens with zero attached hydrogens (tertiary/aromatic N) is 5. The zero-order valence-corrected chi connectivity index (χ0v) is 13.9. The minimum Gasteiger partial charge on any atom is -0.461 e. The molecule has 3 heterocycles. The van der Waals surface area contributed by atoms with Gasteiger partial charge in [0, 0.05) is 11.8 Å². The number of nitrogens with one attached hydrogen (secondary N) is 1. The number of rotatable bonds is 5. The molecule has 0 aliphatic heterocycles. The molecule has 4 aromatic rings. The minimum absolute atomic E-state index is 0.388. The van der Waals surface area contributed by atoms with Gasteiger partial charge in [0.1, 0.15) is 0 Å². The first-order valence-corrected chi connectivity index (χ1v) is 8.02. The van der Waals surface area contributed by atoms with Gasteiger partial charge in [-0.15, -0.1) is 5.10 Å². The molecule has 0 aliphatic carbocycles. The third-order valence-electron chi connectivity index (χ3n) is 3.55. The molecule has 0 atom stereocenters.